The summed E-state index contributed by atoms with van der Waals surface area (Å²) in [5, 5.41) is 2.59. The van der Waals surface area contributed by atoms with Crippen LogP contribution in [0.25, 0.3) is 11.9 Å². The number of amides is 1. The Kier molecular flexibility index (Phi) is 6.22. The van der Waals surface area contributed by atoms with Crippen LogP contribution in [0.1, 0.15) is 45.2 Å². The number of rotatable bonds is 9. The van der Waals surface area contributed by atoms with Crippen LogP contribution >= 0.6 is 0 Å². The van der Waals surface area contributed by atoms with E-state index in [9.17, 15) is 13.6 Å². The number of aromatic nitrogens is 4. The number of likely N-dealkylation sites (tertiary alicyclic amines) is 1. The van der Waals surface area contributed by atoms with E-state index < -0.39 is 17.6 Å². The van der Waals surface area contributed by atoms with Crippen molar-refractivity contribution in [3.63, 3.8) is 0 Å². The summed E-state index contributed by atoms with van der Waals surface area (Å²) in [6.45, 7) is 9.06. The monoisotopic (exact) mass is 440 g/mol. The maximum Gasteiger partial charge on any atom is 0.273 e. The van der Waals surface area contributed by atoms with E-state index in [4.69, 9.17) is 4.42 Å². The van der Waals surface area contributed by atoms with Crippen molar-refractivity contribution in [3.8, 4) is 0 Å². The van der Waals surface area contributed by atoms with Gasteiger partial charge in [-0.05, 0) is 18.2 Å². The second-order valence-corrected chi connectivity index (χ2v) is 7.45. The highest BCUT2D eigenvalue weighted by atomic mass is 19.1. The molecule has 32 heavy (non-hydrogen) atoms. The Morgan fingerprint density at radius 2 is 2.22 bits per heavy atom. The summed E-state index contributed by atoms with van der Waals surface area (Å²) in [5.41, 5.74) is 0.999. The lowest BCUT2D eigenvalue weighted by atomic mass is 10.00. The van der Waals surface area contributed by atoms with Crippen LogP contribution in [0, 0.1) is 5.82 Å². The van der Waals surface area contributed by atoms with Gasteiger partial charge in [-0.25, -0.2) is 18.7 Å². The number of hydrogen-bond acceptors (Lipinski definition) is 6. The van der Waals surface area contributed by atoms with Gasteiger partial charge in [0, 0.05) is 32.3 Å². The summed E-state index contributed by atoms with van der Waals surface area (Å²) in [6.07, 6.45) is 4.89. The molecule has 0 radical (unpaired) electrons. The first-order valence-electron chi connectivity index (χ1n) is 10.1. The number of halogens is 2. The molecule has 10 heteroatoms. The van der Waals surface area contributed by atoms with Crippen LogP contribution in [0.2, 0.25) is 0 Å². The lowest BCUT2D eigenvalue weighted by molar-refractivity contribution is 0.0944. The third kappa shape index (κ3) is 4.65. The summed E-state index contributed by atoms with van der Waals surface area (Å²) in [6, 6.07) is 2.77. The third-order valence-electron chi connectivity index (χ3n) is 5.22. The predicted octanol–water partition coefficient (Wildman–Crippen LogP) is 3.09. The number of pyridine rings is 1. The summed E-state index contributed by atoms with van der Waals surface area (Å²) < 4.78 is 32.5. The van der Waals surface area contributed by atoms with Crippen LogP contribution in [-0.4, -0.2) is 50.4 Å². The Labute approximate surface area is 183 Å². The van der Waals surface area contributed by atoms with E-state index in [1.54, 1.807) is 0 Å². The minimum Gasteiger partial charge on any atom is -0.448 e. The minimum atomic E-state index is -0.597. The second-order valence-electron chi connectivity index (χ2n) is 7.45. The average molecular weight is 440 g/mol. The van der Waals surface area contributed by atoms with Gasteiger partial charge in [0.05, 0.1) is 23.9 Å². The Morgan fingerprint density at radius 1 is 1.41 bits per heavy atom. The van der Waals surface area contributed by atoms with Crippen LogP contribution in [-0.2, 0) is 13.0 Å². The minimum absolute atomic E-state index is 0.0390. The maximum absolute atomic E-state index is 13.6. The first-order valence-corrected chi connectivity index (χ1v) is 10.1. The van der Waals surface area contributed by atoms with Gasteiger partial charge < -0.3 is 19.6 Å². The molecular weight excluding hydrogens is 418 g/mol. The van der Waals surface area contributed by atoms with Gasteiger partial charge in [0.2, 0.25) is 0 Å². The Morgan fingerprint density at radius 3 is 2.91 bits per heavy atom. The molecule has 4 heterocycles. The van der Waals surface area contributed by atoms with Gasteiger partial charge in [0.15, 0.2) is 11.6 Å². The van der Waals surface area contributed by atoms with Crippen molar-refractivity contribution < 1.29 is 18.0 Å². The smallest absolute Gasteiger partial charge is 0.273 e. The number of hydrogen-bond donors (Lipinski definition) is 2. The molecular formula is C22H22F2N6O2. The predicted molar refractivity (Wildman–Crippen MR) is 114 cm³/mol. The molecule has 0 saturated carbocycles. The quantitative estimate of drug-likeness (QED) is 0.531. The van der Waals surface area contributed by atoms with E-state index in [2.05, 4.69) is 43.3 Å². The van der Waals surface area contributed by atoms with Crippen LogP contribution in [0.4, 0.5) is 8.78 Å². The lowest BCUT2D eigenvalue weighted by Gasteiger charge is -2.37. The van der Waals surface area contributed by atoms with E-state index >= 15 is 0 Å². The van der Waals surface area contributed by atoms with Crippen molar-refractivity contribution in [2.24, 2.45) is 0 Å². The van der Waals surface area contributed by atoms with Crippen LogP contribution < -0.4 is 5.32 Å². The molecule has 4 rings (SSSR count). The molecule has 2 N–H and O–H groups in total. The molecule has 3 aromatic rings. The largest absolute Gasteiger partial charge is 0.448 e. The second kappa shape index (κ2) is 9.23. The molecule has 0 aromatic carbocycles. The normalized spacial score (nSPS) is 14.2. The molecule has 1 saturated heterocycles. The fourth-order valence-electron chi connectivity index (χ4n) is 3.47. The van der Waals surface area contributed by atoms with E-state index in [-0.39, 0.29) is 29.5 Å². The standard InChI is InChI=1S/C22H22F2N6O2/c1-3-16-20(13(2)23)29-19(27-16)6-8-30-10-14(11-30)22-28-18(12-32-22)21(31)26-9-17-15(24)5-4-7-25-17/h3-5,7,12,14H,1-2,6,8-11H2,(H,26,31)(H,27,29). The van der Waals surface area contributed by atoms with Gasteiger partial charge in [-0.15, -0.1) is 0 Å². The van der Waals surface area contributed by atoms with Gasteiger partial charge in [-0.1, -0.05) is 13.2 Å². The van der Waals surface area contributed by atoms with E-state index in [1.165, 1.54) is 30.7 Å². The number of H-pyrrole nitrogens is 1. The zero-order valence-corrected chi connectivity index (χ0v) is 17.3. The number of nitrogens with one attached hydrogen (secondary N) is 2. The summed E-state index contributed by atoms with van der Waals surface area (Å²) in [7, 11) is 0. The molecule has 0 unspecified atom stereocenters. The Balaban J connectivity index is 1.25. The summed E-state index contributed by atoms with van der Waals surface area (Å²) in [5.74, 6) is -0.312. The molecule has 0 bridgehead atoms. The van der Waals surface area contributed by atoms with Crippen molar-refractivity contribution in [2.75, 3.05) is 19.6 Å². The lowest BCUT2D eigenvalue weighted by Crippen LogP contribution is -2.46. The number of imidazole rings is 1. The fourth-order valence-corrected chi connectivity index (χ4v) is 3.47. The van der Waals surface area contributed by atoms with Crippen molar-refractivity contribution >= 4 is 17.8 Å². The first kappa shape index (κ1) is 21.6. The van der Waals surface area contributed by atoms with Crippen molar-refractivity contribution in [2.45, 2.75) is 18.9 Å². The molecule has 1 fully saturated rings. The van der Waals surface area contributed by atoms with Crippen LogP contribution in [0.3, 0.4) is 0 Å². The maximum atomic E-state index is 13.6. The van der Waals surface area contributed by atoms with E-state index in [1.807, 2.05) is 0 Å². The van der Waals surface area contributed by atoms with Gasteiger partial charge >= 0.3 is 0 Å². The third-order valence-corrected chi connectivity index (χ3v) is 5.22. The average Bonchev–Trinajstić information content (AvgIpc) is 3.39. The van der Waals surface area contributed by atoms with Crippen molar-refractivity contribution in [1.82, 2.24) is 30.2 Å². The molecule has 1 aliphatic rings. The molecule has 166 valence electrons. The Hall–Kier alpha value is -3.66. The number of carbonyl (C=O) groups is 1. The van der Waals surface area contributed by atoms with Crippen molar-refractivity contribution in [1.29, 1.82) is 0 Å². The molecule has 0 atom stereocenters. The molecule has 8 nitrogen and oxygen atoms in total. The highest BCUT2D eigenvalue weighted by Gasteiger charge is 2.32. The number of aromatic amines is 1. The molecule has 0 spiro atoms. The van der Waals surface area contributed by atoms with Gasteiger partial charge in [-0.3, -0.25) is 9.78 Å². The first-order chi connectivity index (χ1) is 15.4. The summed E-state index contributed by atoms with van der Waals surface area (Å²) >= 11 is 0. The van der Waals surface area contributed by atoms with Crippen LogP contribution in [0.15, 0.2) is 42.2 Å². The van der Waals surface area contributed by atoms with Crippen LogP contribution in [0.5, 0.6) is 0 Å². The Bertz CT molecular complexity index is 1150. The summed E-state index contributed by atoms with van der Waals surface area (Å²) in [4.78, 5) is 29.9. The van der Waals surface area contributed by atoms with Gasteiger partial charge in [-0.2, -0.15) is 0 Å². The van der Waals surface area contributed by atoms with Gasteiger partial charge in [0.25, 0.3) is 5.91 Å². The van der Waals surface area contributed by atoms with E-state index in [0.29, 0.717) is 23.8 Å². The van der Waals surface area contributed by atoms with Gasteiger partial charge in [0.1, 0.15) is 29.4 Å². The number of nitrogens with zero attached hydrogens (tertiary/aromatic N) is 4. The number of carbonyl (C=O) groups excluding carboxylic acids is 1. The fraction of sp³-hybridized carbons (Fsp3) is 0.273. The SMILES string of the molecule is C=Cc1[nH]c(CCN2CC(c3nc(C(=O)NCc4ncccc4F)co3)C2)nc1C(=C)F. The highest BCUT2D eigenvalue weighted by Crippen LogP contribution is 2.26. The molecule has 1 aliphatic heterocycles. The number of oxazole rings is 1. The molecule has 3 aromatic heterocycles. The zero-order chi connectivity index (χ0) is 22.7. The topological polar surface area (TPSA) is 99.9 Å². The highest BCUT2D eigenvalue weighted by molar-refractivity contribution is 5.91. The molecule has 0 aliphatic carbocycles. The van der Waals surface area contributed by atoms with E-state index in [0.717, 1.165) is 19.6 Å². The molecule has 1 amide bonds. The zero-order valence-electron chi connectivity index (χ0n) is 17.3. The van der Waals surface area contributed by atoms with Crippen molar-refractivity contribution in [3.05, 3.63) is 78.1 Å².